The molecule has 2 aliphatic heterocycles. The Bertz CT molecular complexity index is 535. The zero-order valence-corrected chi connectivity index (χ0v) is 11.8. The van der Waals surface area contributed by atoms with Crippen molar-refractivity contribution in [2.24, 2.45) is 0 Å². The lowest BCUT2D eigenvalue weighted by atomic mass is 10.1. The van der Waals surface area contributed by atoms with E-state index in [4.69, 9.17) is 14.3 Å². The fourth-order valence-corrected chi connectivity index (χ4v) is 2.42. The van der Waals surface area contributed by atoms with Gasteiger partial charge in [0.25, 0.3) is 0 Å². The minimum Gasteiger partial charge on any atom is -0.464 e. The molecule has 1 fully saturated rings. The number of allylic oxidation sites excluding steroid dienone is 1. The molecular weight excluding hydrogens is 270 g/mol. The second kappa shape index (κ2) is 6.74. The molecule has 1 aromatic carbocycles. The number of benzene rings is 1. The Hall–Kier alpha value is -1.85. The molecule has 1 aromatic rings. The molecule has 1 unspecified atom stereocenters. The van der Waals surface area contributed by atoms with Crippen LogP contribution in [0.1, 0.15) is 36.0 Å². The zero-order valence-electron chi connectivity index (χ0n) is 11.8. The topological polar surface area (TPSA) is 56.8 Å². The number of hydroxylamine groups is 1. The molecule has 0 spiro atoms. The van der Waals surface area contributed by atoms with E-state index < -0.39 is 0 Å². The van der Waals surface area contributed by atoms with Crippen molar-refractivity contribution in [3.63, 3.8) is 0 Å². The van der Waals surface area contributed by atoms with Crippen LogP contribution in [0.25, 0.3) is 0 Å². The first kappa shape index (κ1) is 14.1. The van der Waals surface area contributed by atoms with Crippen molar-refractivity contribution in [2.45, 2.75) is 32.0 Å². The highest BCUT2D eigenvalue weighted by molar-refractivity contribution is 6.09. The molecule has 2 heterocycles. The number of hydrogen-bond acceptors (Lipinski definition) is 5. The number of carbonyl (C=O) groups excluding carboxylic acids is 1. The standard InChI is InChI=1S/C16H19NO4/c18-16(13-7-5-11-20-17-13)12-6-1-2-8-14(12)21-15-9-3-4-10-19-15/h1-2,6-8,15,17H,3-5,9-11H2. The number of hydrogen-bond donors (Lipinski definition) is 1. The number of para-hydroxylation sites is 1. The third-order valence-electron chi connectivity index (χ3n) is 3.52. The Labute approximate surface area is 123 Å². The fraction of sp³-hybridized carbons (Fsp3) is 0.438. The monoisotopic (exact) mass is 289 g/mol. The van der Waals surface area contributed by atoms with E-state index in [1.165, 1.54) is 0 Å². The molecule has 0 radical (unpaired) electrons. The van der Waals surface area contributed by atoms with E-state index in [2.05, 4.69) is 5.48 Å². The van der Waals surface area contributed by atoms with Crippen molar-refractivity contribution < 1.29 is 19.1 Å². The van der Waals surface area contributed by atoms with Crippen LogP contribution in [0.5, 0.6) is 5.75 Å². The zero-order chi connectivity index (χ0) is 14.5. The SMILES string of the molecule is O=C(C1=CCCON1)c1ccccc1OC1CCCCO1. The first-order chi connectivity index (χ1) is 10.3. The van der Waals surface area contributed by atoms with Crippen LogP contribution in [0, 0.1) is 0 Å². The number of ether oxygens (including phenoxy) is 2. The fourth-order valence-electron chi connectivity index (χ4n) is 2.42. The predicted octanol–water partition coefficient (Wildman–Crippen LogP) is 2.58. The average molecular weight is 289 g/mol. The second-order valence-electron chi connectivity index (χ2n) is 5.10. The van der Waals surface area contributed by atoms with E-state index in [1.54, 1.807) is 12.1 Å². The van der Waals surface area contributed by atoms with Crippen LogP contribution in [0.2, 0.25) is 0 Å². The first-order valence-electron chi connectivity index (χ1n) is 7.34. The summed E-state index contributed by atoms with van der Waals surface area (Å²) >= 11 is 0. The minimum absolute atomic E-state index is 0.124. The Balaban J connectivity index is 1.78. The highest BCUT2D eigenvalue weighted by Crippen LogP contribution is 2.25. The molecule has 0 aromatic heterocycles. The molecule has 0 bridgehead atoms. The van der Waals surface area contributed by atoms with Crippen LogP contribution < -0.4 is 10.2 Å². The van der Waals surface area contributed by atoms with Crippen molar-refractivity contribution >= 4 is 5.78 Å². The Morgan fingerprint density at radius 2 is 2.14 bits per heavy atom. The average Bonchev–Trinajstić information content (AvgIpc) is 2.56. The maximum absolute atomic E-state index is 12.5. The first-order valence-corrected chi connectivity index (χ1v) is 7.34. The van der Waals surface area contributed by atoms with Gasteiger partial charge in [-0.2, -0.15) is 0 Å². The van der Waals surface area contributed by atoms with Gasteiger partial charge in [0.1, 0.15) is 11.4 Å². The Morgan fingerprint density at radius 1 is 1.24 bits per heavy atom. The van der Waals surface area contributed by atoms with Gasteiger partial charge in [0.2, 0.25) is 5.78 Å². The maximum atomic E-state index is 12.5. The van der Waals surface area contributed by atoms with Crippen molar-refractivity contribution in [2.75, 3.05) is 13.2 Å². The number of Topliss-reactive ketones (excluding diaryl/α,β-unsaturated/α-hetero) is 1. The van der Waals surface area contributed by atoms with Crippen LogP contribution in [0.4, 0.5) is 0 Å². The minimum atomic E-state index is -0.266. The van der Waals surface area contributed by atoms with Gasteiger partial charge in [-0.25, -0.2) is 0 Å². The lowest BCUT2D eigenvalue weighted by Gasteiger charge is -2.24. The number of rotatable bonds is 4. The van der Waals surface area contributed by atoms with Gasteiger partial charge < -0.3 is 9.47 Å². The lowest BCUT2D eigenvalue weighted by Crippen LogP contribution is -2.27. The van der Waals surface area contributed by atoms with E-state index in [9.17, 15) is 4.79 Å². The van der Waals surface area contributed by atoms with Crippen molar-refractivity contribution in [3.8, 4) is 5.75 Å². The van der Waals surface area contributed by atoms with Gasteiger partial charge in [-0.05, 0) is 31.4 Å². The quantitative estimate of drug-likeness (QED) is 0.863. The maximum Gasteiger partial charge on any atom is 0.214 e. The molecule has 1 N–H and O–H groups in total. The molecule has 0 saturated carbocycles. The van der Waals surface area contributed by atoms with Gasteiger partial charge in [0.15, 0.2) is 6.29 Å². The third-order valence-corrected chi connectivity index (χ3v) is 3.52. The highest BCUT2D eigenvalue weighted by Gasteiger charge is 2.22. The van der Waals surface area contributed by atoms with Crippen LogP contribution in [-0.4, -0.2) is 25.3 Å². The van der Waals surface area contributed by atoms with Crippen LogP contribution in [0.3, 0.4) is 0 Å². The molecular formula is C16H19NO4. The van der Waals surface area contributed by atoms with Crippen LogP contribution in [0.15, 0.2) is 36.0 Å². The van der Waals surface area contributed by atoms with Crippen molar-refractivity contribution in [3.05, 3.63) is 41.6 Å². The summed E-state index contributed by atoms with van der Waals surface area (Å²) < 4.78 is 11.4. The van der Waals surface area contributed by atoms with Gasteiger partial charge in [-0.1, -0.05) is 18.2 Å². The molecule has 112 valence electrons. The van der Waals surface area contributed by atoms with E-state index >= 15 is 0 Å². The predicted molar refractivity (Wildman–Crippen MR) is 76.8 cm³/mol. The van der Waals surface area contributed by atoms with Gasteiger partial charge in [0, 0.05) is 6.42 Å². The summed E-state index contributed by atoms with van der Waals surface area (Å²) in [6, 6.07) is 7.24. The second-order valence-corrected chi connectivity index (χ2v) is 5.10. The summed E-state index contributed by atoms with van der Waals surface area (Å²) in [5.41, 5.74) is 3.66. The van der Waals surface area contributed by atoms with E-state index in [1.807, 2.05) is 18.2 Å². The third kappa shape index (κ3) is 3.43. The van der Waals surface area contributed by atoms with Crippen LogP contribution >= 0.6 is 0 Å². The van der Waals surface area contributed by atoms with E-state index in [-0.39, 0.29) is 12.1 Å². The number of nitrogens with one attached hydrogen (secondary N) is 1. The summed E-state index contributed by atoms with van der Waals surface area (Å²) in [5, 5.41) is 0. The highest BCUT2D eigenvalue weighted by atomic mass is 16.7. The van der Waals surface area contributed by atoms with E-state index in [0.29, 0.717) is 30.2 Å². The molecule has 2 aliphatic rings. The van der Waals surface area contributed by atoms with Gasteiger partial charge in [0.05, 0.1) is 18.8 Å². The Morgan fingerprint density at radius 3 is 2.90 bits per heavy atom. The molecule has 1 saturated heterocycles. The molecule has 5 heteroatoms. The lowest BCUT2D eigenvalue weighted by molar-refractivity contribution is -0.106. The normalized spacial score (nSPS) is 22.1. The Kier molecular flexibility index (Phi) is 4.52. The smallest absolute Gasteiger partial charge is 0.214 e. The molecule has 0 amide bonds. The van der Waals surface area contributed by atoms with Crippen molar-refractivity contribution in [1.82, 2.24) is 5.48 Å². The number of carbonyl (C=O) groups is 1. The molecule has 5 nitrogen and oxygen atoms in total. The largest absolute Gasteiger partial charge is 0.464 e. The van der Waals surface area contributed by atoms with E-state index in [0.717, 1.165) is 25.7 Å². The summed E-state index contributed by atoms with van der Waals surface area (Å²) in [4.78, 5) is 17.6. The van der Waals surface area contributed by atoms with Gasteiger partial charge in [-0.3, -0.25) is 15.1 Å². The molecule has 0 aliphatic carbocycles. The summed E-state index contributed by atoms with van der Waals surface area (Å²) in [6.07, 6.45) is 5.31. The molecule has 3 rings (SSSR count). The van der Waals surface area contributed by atoms with Crippen molar-refractivity contribution in [1.29, 1.82) is 0 Å². The molecule has 21 heavy (non-hydrogen) atoms. The van der Waals surface area contributed by atoms with Gasteiger partial charge in [-0.15, -0.1) is 0 Å². The summed E-state index contributed by atoms with van der Waals surface area (Å²) in [7, 11) is 0. The summed E-state index contributed by atoms with van der Waals surface area (Å²) in [6.45, 7) is 1.28. The van der Waals surface area contributed by atoms with Gasteiger partial charge >= 0.3 is 0 Å². The molecule has 1 atom stereocenters. The number of ketones is 1. The summed E-state index contributed by atoms with van der Waals surface area (Å²) in [5.74, 6) is 0.434. The van der Waals surface area contributed by atoms with Crippen LogP contribution in [-0.2, 0) is 9.57 Å².